The van der Waals surface area contributed by atoms with Crippen LogP contribution >= 0.6 is 47.1 Å². The highest BCUT2D eigenvalue weighted by Crippen LogP contribution is 2.31. The largest absolute Gasteiger partial charge is 0.493 e. The van der Waals surface area contributed by atoms with Gasteiger partial charge in [-0.2, -0.15) is 0 Å². The lowest BCUT2D eigenvalue weighted by atomic mass is 10.1. The van der Waals surface area contributed by atoms with Crippen molar-refractivity contribution in [2.24, 2.45) is 4.99 Å². The molecule has 2 N–H and O–H groups in total. The van der Waals surface area contributed by atoms with Gasteiger partial charge in [0.1, 0.15) is 10.9 Å². The summed E-state index contributed by atoms with van der Waals surface area (Å²) in [4.78, 5) is 17.2. The fourth-order valence-electron chi connectivity index (χ4n) is 2.50. The Kier molecular flexibility index (Phi) is 6.83. The molecule has 7 nitrogen and oxygen atoms in total. The number of aliphatic imine (C=N–C) groups is 1. The standard InChI is InChI=1S/C17H16N4O3S4/c1-2-24-14(23)11(8-10-6-4-3-5-7-10)21-13(22)12(27-17(21)26)9-18-15-19-20-16(25)28-15/h3-7,9,11,22H,2,8H2,1H3,(H,20,25)/t11-/m0/s1. The molecule has 0 saturated heterocycles. The normalized spacial score (nSPS) is 12.3. The summed E-state index contributed by atoms with van der Waals surface area (Å²) in [5, 5.41) is 17.7. The predicted molar refractivity (Wildman–Crippen MR) is 115 cm³/mol. The second-order valence-corrected chi connectivity index (χ2v) is 8.86. The summed E-state index contributed by atoms with van der Waals surface area (Å²) in [6.45, 7) is 1.97. The minimum Gasteiger partial charge on any atom is -0.493 e. The smallest absolute Gasteiger partial charge is 0.329 e. The average molecular weight is 453 g/mol. The van der Waals surface area contributed by atoms with E-state index in [0.29, 0.717) is 24.3 Å². The number of carbonyl (C=O) groups excluding carboxylic acids is 1. The van der Waals surface area contributed by atoms with Crippen LogP contribution in [0.25, 0.3) is 0 Å². The highest BCUT2D eigenvalue weighted by Gasteiger charge is 2.27. The molecular formula is C17H16N4O3S4. The Balaban J connectivity index is 1.96. The molecule has 0 radical (unpaired) electrons. The number of benzene rings is 1. The molecule has 0 bridgehead atoms. The number of carbonyl (C=O) groups is 1. The number of rotatable bonds is 7. The molecule has 146 valence electrons. The second-order valence-electron chi connectivity index (χ2n) is 5.54. The molecule has 0 fully saturated rings. The number of hydrogen-bond acceptors (Lipinski definition) is 9. The van der Waals surface area contributed by atoms with Crippen LogP contribution in [0, 0.1) is 7.91 Å². The summed E-state index contributed by atoms with van der Waals surface area (Å²) < 4.78 is 7.48. The van der Waals surface area contributed by atoms with Crippen LogP contribution in [-0.4, -0.2) is 38.7 Å². The summed E-state index contributed by atoms with van der Waals surface area (Å²) in [5.41, 5.74) is 0.930. The zero-order valence-electron chi connectivity index (χ0n) is 14.7. The lowest BCUT2D eigenvalue weighted by molar-refractivity contribution is -0.147. The van der Waals surface area contributed by atoms with Crippen LogP contribution in [0.2, 0.25) is 0 Å². The molecule has 0 spiro atoms. The summed E-state index contributed by atoms with van der Waals surface area (Å²) >= 11 is 12.7. The Labute approximate surface area is 179 Å². The first-order chi connectivity index (χ1) is 13.5. The lowest BCUT2D eigenvalue weighted by Crippen LogP contribution is -2.24. The minimum atomic E-state index is -0.777. The minimum absolute atomic E-state index is 0.133. The molecule has 2 aromatic heterocycles. The summed E-state index contributed by atoms with van der Waals surface area (Å²) in [7, 11) is 0. The molecular weight excluding hydrogens is 436 g/mol. The first-order valence-corrected chi connectivity index (χ1v) is 10.7. The van der Waals surface area contributed by atoms with E-state index in [2.05, 4.69) is 15.2 Å². The molecule has 2 heterocycles. The number of thiazole rings is 1. The highest BCUT2D eigenvalue weighted by molar-refractivity contribution is 7.73. The van der Waals surface area contributed by atoms with E-state index >= 15 is 0 Å². The molecule has 28 heavy (non-hydrogen) atoms. The van der Waals surface area contributed by atoms with E-state index in [1.165, 1.54) is 22.1 Å². The van der Waals surface area contributed by atoms with Crippen molar-refractivity contribution in [2.45, 2.75) is 19.4 Å². The third kappa shape index (κ3) is 4.79. The van der Waals surface area contributed by atoms with Crippen LogP contribution in [0.4, 0.5) is 5.13 Å². The first kappa shape index (κ1) is 20.5. The van der Waals surface area contributed by atoms with Gasteiger partial charge < -0.3 is 9.84 Å². The maximum atomic E-state index is 12.6. The lowest BCUT2D eigenvalue weighted by Gasteiger charge is -2.18. The number of aromatic amines is 1. The highest BCUT2D eigenvalue weighted by atomic mass is 32.2. The summed E-state index contributed by atoms with van der Waals surface area (Å²) in [5.74, 6) is -0.587. The van der Waals surface area contributed by atoms with Crippen LogP contribution < -0.4 is 0 Å². The number of aromatic nitrogens is 3. The Morgan fingerprint density at radius 1 is 1.39 bits per heavy atom. The molecule has 0 aliphatic rings. The van der Waals surface area contributed by atoms with Gasteiger partial charge in [0.25, 0.3) is 0 Å². The monoisotopic (exact) mass is 452 g/mol. The number of hydrogen-bond donors (Lipinski definition) is 2. The van der Waals surface area contributed by atoms with E-state index in [-0.39, 0.29) is 12.5 Å². The van der Waals surface area contributed by atoms with E-state index in [1.54, 1.807) is 6.92 Å². The number of nitrogens with zero attached hydrogens (tertiary/aromatic N) is 3. The van der Waals surface area contributed by atoms with E-state index in [4.69, 9.17) is 29.2 Å². The second kappa shape index (κ2) is 9.32. The molecule has 0 unspecified atom stereocenters. The van der Waals surface area contributed by atoms with Crippen molar-refractivity contribution in [2.75, 3.05) is 6.61 Å². The van der Waals surface area contributed by atoms with Crippen molar-refractivity contribution >= 4 is 64.4 Å². The van der Waals surface area contributed by atoms with Crippen molar-refractivity contribution < 1.29 is 14.6 Å². The summed E-state index contributed by atoms with van der Waals surface area (Å²) in [6.07, 6.45) is 1.80. The Morgan fingerprint density at radius 3 is 2.79 bits per heavy atom. The van der Waals surface area contributed by atoms with Gasteiger partial charge >= 0.3 is 5.97 Å². The average Bonchev–Trinajstić information content (AvgIpc) is 3.22. The van der Waals surface area contributed by atoms with Gasteiger partial charge in [-0.25, -0.2) is 9.79 Å². The third-order valence-electron chi connectivity index (χ3n) is 3.70. The quantitative estimate of drug-likeness (QED) is 0.309. The van der Waals surface area contributed by atoms with E-state index < -0.39 is 12.0 Å². The molecule has 0 saturated carbocycles. The number of aromatic hydroxyl groups is 1. The van der Waals surface area contributed by atoms with Gasteiger partial charge in [0.15, 0.2) is 7.91 Å². The van der Waals surface area contributed by atoms with Gasteiger partial charge in [-0.15, -0.1) is 5.10 Å². The van der Waals surface area contributed by atoms with Gasteiger partial charge in [-0.05, 0) is 36.9 Å². The zero-order chi connectivity index (χ0) is 20.1. The van der Waals surface area contributed by atoms with E-state index in [9.17, 15) is 9.90 Å². The van der Waals surface area contributed by atoms with Crippen LogP contribution in [0.1, 0.15) is 23.4 Å². The molecule has 0 aliphatic carbocycles. The van der Waals surface area contributed by atoms with Crippen molar-refractivity contribution in [3.05, 3.63) is 48.7 Å². The number of H-pyrrole nitrogens is 1. The Bertz CT molecular complexity index is 1100. The van der Waals surface area contributed by atoms with Crippen molar-refractivity contribution in [3.63, 3.8) is 0 Å². The van der Waals surface area contributed by atoms with Crippen LogP contribution in [0.5, 0.6) is 5.88 Å². The van der Waals surface area contributed by atoms with Crippen molar-refractivity contribution in [1.82, 2.24) is 14.8 Å². The van der Waals surface area contributed by atoms with Crippen molar-refractivity contribution in [3.8, 4) is 5.88 Å². The molecule has 1 aromatic carbocycles. The van der Waals surface area contributed by atoms with Crippen LogP contribution in [0.15, 0.2) is 35.3 Å². The SMILES string of the molecule is CCOC(=O)[C@H](Cc1ccccc1)n1c(O)c(C=Nc2n[nH]c(=S)s2)sc1=S. The summed E-state index contributed by atoms with van der Waals surface area (Å²) in [6, 6.07) is 8.72. The van der Waals surface area contributed by atoms with Gasteiger partial charge in [-0.3, -0.25) is 9.67 Å². The molecule has 0 amide bonds. The molecule has 0 aliphatic heterocycles. The number of ether oxygens (including phenoxy) is 1. The Hall–Kier alpha value is -2.21. The van der Waals surface area contributed by atoms with Gasteiger partial charge in [-0.1, -0.05) is 53.0 Å². The van der Waals surface area contributed by atoms with Crippen LogP contribution in [0.3, 0.4) is 0 Å². The van der Waals surface area contributed by atoms with E-state index in [0.717, 1.165) is 16.9 Å². The fraction of sp³-hybridized carbons (Fsp3) is 0.235. The molecule has 11 heteroatoms. The third-order valence-corrected chi connectivity index (χ3v) is 6.03. The molecule has 3 rings (SSSR count). The van der Waals surface area contributed by atoms with Crippen LogP contribution in [-0.2, 0) is 16.0 Å². The van der Waals surface area contributed by atoms with Gasteiger partial charge in [0.2, 0.25) is 11.0 Å². The first-order valence-electron chi connectivity index (χ1n) is 8.24. The van der Waals surface area contributed by atoms with Gasteiger partial charge in [0, 0.05) is 6.42 Å². The predicted octanol–water partition coefficient (Wildman–Crippen LogP) is 4.60. The maximum absolute atomic E-state index is 12.6. The Morgan fingerprint density at radius 2 is 2.14 bits per heavy atom. The van der Waals surface area contributed by atoms with E-state index in [1.807, 2.05) is 30.3 Å². The van der Waals surface area contributed by atoms with Crippen molar-refractivity contribution in [1.29, 1.82) is 0 Å². The molecule has 3 aromatic rings. The topological polar surface area (TPSA) is 92.5 Å². The zero-order valence-corrected chi connectivity index (χ0v) is 18.0. The number of nitrogens with one attached hydrogen (secondary N) is 1. The maximum Gasteiger partial charge on any atom is 0.329 e. The van der Waals surface area contributed by atoms with Gasteiger partial charge in [0.05, 0.1) is 12.8 Å². The number of esters is 1. The fourth-order valence-corrected chi connectivity index (χ4v) is 4.50. The molecule has 1 atom stereocenters.